The van der Waals surface area contributed by atoms with Gasteiger partial charge in [-0.25, -0.2) is 4.98 Å². The van der Waals surface area contributed by atoms with Gasteiger partial charge in [-0.3, -0.25) is 0 Å². The van der Waals surface area contributed by atoms with Gasteiger partial charge in [0, 0.05) is 37.7 Å². The van der Waals surface area contributed by atoms with Crippen LogP contribution in [0.2, 0.25) is 0 Å². The van der Waals surface area contributed by atoms with Crippen molar-refractivity contribution in [3.05, 3.63) is 11.1 Å². The molecule has 0 aromatic carbocycles. The molecule has 2 unspecified atom stereocenters. The molecule has 0 saturated carbocycles. The number of hydrogen-bond donors (Lipinski definition) is 1. The van der Waals surface area contributed by atoms with Crippen molar-refractivity contribution in [1.29, 1.82) is 0 Å². The number of anilines is 1. The van der Waals surface area contributed by atoms with Crippen LogP contribution in [0.4, 0.5) is 5.13 Å². The lowest BCUT2D eigenvalue weighted by molar-refractivity contribution is 0.0498. The van der Waals surface area contributed by atoms with Crippen LogP contribution in [-0.2, 0) is 11.3 Å². The summed E-state index contributed by atoms with van der Waals surface area (Å²) in [6.07, 6.45) is 1.50. The molecular weight excluding hydrogens is 270 g/mol. The normalized spacial score (nSPS) is 24.1. The second kappa shape index (κ2) is 6.41. The Morgan fingerprint density at radius 2 is 2.25 bits per heavy atom. The van der Waals surface area contributed by atoms with Crippen LogP contribution in [0.1, 0.15) is 39.8 Å². The molecule has 0 radical (unpaired) electrons. The van der Waals surface area contributed by atoms with E-state index in [-0.39, 0.29) is 5.54 Å². The van der Waals surface area contributed by atoms with Gasteiger partial charge in [-0.1, -0.05) is 6.92 Å². The van der Waals surface area contributed by atoms with E-state index in [1.165, 1.54) is 6.42 Å². The number of nitrogens with zero attached hydrogens (tertiary/aromatic N) is 2. The molecule has 0 bridgehead atoms. The minimum atomic E-state index is 0.130. The Balaban J connectivity index is 1.95. The highest BCUT2D eigenvalue weighted by Gasteiger charge is 2.27. The monoisotopic (exact) mass is 297 g/mol. The highest BCUT2D eigenvalue weighted by Crippen LogP contribution is 2.27. The van der Waals surface area contributed by atoms with Gasteiger partial charge in [0.1, 0.15) is 0 Å². The predicted molar refractivity (Wildman–Crippen MR) is 85.5 cm³/mol. The summed E-state index contributed by atoms with van der Waals surface area (Å²) >= 11 is 1.74. The van der Waals surface area contributed by atoms with Gasteiger partial charge >= 0.3 is 0 Å². The molecule has 1 aromatic rings. The van der Waals surface area contributed by atoms with Crippen molar-refractivity contribution in [3.8, 4) is 0 Å². The van der Waals surface area contributed by atoms with Crippen LogP contribution in [0.25, 0.3) is 0 Å². The zero-order valence-corrected chi connectivity index (χ0v) is 14.1. The topological polar surface area (TPSA) is 37.4 Å². The van der Waals surface area contributed by atoms with E-state index in [0.29, 0.717) is 12.0 Å². The summed E-state index contributed by atoms with van der Waals surface area (Å²) in [6.45, 7) is 11.7. The van der Waals surface area contributed by atoms with E-state index in [9.17, 15) is 0 Å². The van der Waals surface area contributed by atoms with Crippen LogP contribution in [0.5, 0.6) is 0 Å². The lowest BCUT2D eigenvalue weighted by Gasteiger charge is -2.36. The minimum absolute atomic E-state index is 0.130. The summed E-state index contributed by atoms with van der Waals surface area (Å²) in [7, 11) is 1.81. The summed E-state index contributed by atoms with van der Waals surface area (Å²) in [5.41, 5.74) is 1.26. The fourth-order valence-electron chi connectivity index (χ4n) is 2.39. The third kappa shape index (κ3) is 4.17. The van der Waals surface area contributed by atoms with Gasteiger partial charge in [0.05, 0.1) is 11.8 Å². The molecule has 1 aromatic heterocycles. The van der Waals surface area contributed by atoms with E-state index < -0.39 is 0 Å². The Labute approximate surface area is 126 Å². The molecule has 1 N–H and O–H groups in total. The molecule has 0 spiro atoms. The molecule has 114 valence electrons. The number of nitrogens with one attached hydrogen (secondary N) is 1. The molecular formula is C15H27N3OS. The van der Waals surface area contributed by atoms with Crippen LogP contribution in [0, 0.1) is 5.92 Å². The number of piperidine rings is 1. The standard InChI is InChI=1S/C15H27N3OS/c1-11-6-7-18(9-13(11)19-5)14-17-12(10-20-14)8-16-15(2,3)4/h10-11,13,16H,6-9H2,1-5H3. The Hall–Kier alpha value is -0.650. The number of aromatic nitrogens is 1. The van der Waals surface area contributed by atoms with Crippen molar-refractivity contribution in [2.45, 2.75) is 52.3 Å². The van der Waals surface area contributed by atoms with Crippen molar-refractivity contribution in [1.82, 2.24) is 10.3 Å². The SMILES string of the molecule is COC1CN(c2nc(CNC(C)(C)C)cs2)CCC1C. The van der Waals surface area contributed by atoms with Gasteiger partial charge in [-0.2, -0.15) is 0 Å². The van der Waals surface area contributed by atoms with Crippen LogP contribution in [0.3, 0.4) is 0 Å². The van der Waals surface area contributed by atoms with E-state index >= 15 is 0 Å². The van der Waals surface area contributed by atoms with E-state index in [4.69, 9.17) is 9.72 Å². The Bertz CT molecular complexity index is 427. The van der Waals surface area contributed by atoms with Crippen molar-refractivity contribution < 1.29 is 4.74 Å². The molecule has 4 nitrogen and oxygen atoms in total. The number of hydrogen-bond acceptors (Lipinski definition) is 5. The maximum atomic E-state index is 5.58. The highest BCUT2D eigenvalue weighted by atomic mass is 32.1. The third-order valence-electron chi connectivity index (χ3n) is 3.80. The van der Waals surface area contributed by atoms with E-state index in [0.717, 1.165) is 30.5 Å². The molecule has 2 heterocycles. The van der Waals surface area contributed by atoms with Gasteiger partial charge in [-0.05, 0) is 33.1 Å². The molecule has 20 heavy (non-hydrogen) atoms. The molecule has 1 aliphatic heterocycles. The number of rotatable bonds is 4. The molecule has 1 fully saturated rings. The molecule has 1 aliphatic rings. The highest BCUT2D eigenvalue weighted by molar-refractivity contribution is 7.13. The Morgan fingerprint density at radius 3 is 2.90 bits per heavy atom. The molecule has 1 saturated heterocycles. The summed E-state index contributed by atoms with van der Waals surface area (Å²) in [5.74, 6) is 0.637. The van der Waals surface area contributed by atoms with Gasteiger partial charge in [-0.15, -0.1) is 11.3 Å². The maximum absolute atomic E-state index is 5.58. The molecule has 0 amide bonds. The smallest absolute Gasteiger partial charge is 0.185 e. The van der Waals surface area contributed by atoms with Crippen LogP contribution >= 0.6 is 11.3 Å². The molecule has 2 rings (SSSR count). The van der Waals surface area contributed by atoms with Crippen molar-refractivity contribution in [3.63, 3.8) is 0 Å². The first kappa shape index (κ1) is 15.7. The Morgan fingerprint density at radius 1 is 1.50 bits per heavy atom. The first-order valence-electron chi connectivity index (χ1n) is 7.36. The zero-order valence-electron chi connectivity index (χ0n) is 13.3. The lowest BCUT2D eigenvalue weighted by atomic mass is 9.96. The van der Waals surface area contributed by atoms with Crippen LogP contribution in [-0.4, -0.2) is 36.8 Å². The average molecular weight is 297 g/mol. The second-order valence-corrected chi connectivity index (χ2v) is 7.55. The average Bonchev–Trinajstić information content (AvgIpc) is 2.85. The largest absolute Gasteiger partial charge is 0.379 e. The maximum Gasteiger partial charge on any atom is 0.185 e. The van der Waals surface area contributed by atoms with E-state index in [1.807, 2.05) is 7.11 Å². The molecule has 2 atom stereocenters. The molecule has 0 aliphatic carbocycles. The predicted octanol–water partition coefficient (Wildman–Crippen LogP) is 2.89. The van der Waals surface area contributed by atoms with Crippen LogP contribution < -0.4 is 10.2 Å². The third-order valence-corrected chi connectivity index (χ3v) is 4.75. The lowest BCUT2D eigenvalue weighted by Crippen LogP contribution is -2.43. The Kier molecular flexibility index (Phi) is 5.04. The quantitative estimate of drug-likeness (QED) is 0.927. The van der Waals surface area contributed by atoms with Gasteiger partial charge < -0.3 is 15.0 Å². The fraction of sp³-hybridized carbons (Fsp3) is 0.800. The first-order chi connectivity index (χ1) is 9.39. The van der Waals surface area contributed by atoms with Crippen molar-refractivity contribution in [2.24, 2.45) is 5.92 Å². The molecule has 5 heteroatoms. The van der Waals surface area contributed by atoms with Crippen molar-refractivity contribution in [2.75, 3.05) is 25.1 Å². The summed E-state index contributed by atoms with van der Waals surface area (Å²) < 4.78 is 5.58. The number of ether oxygens (including phenoxy) is 1. The van der Waals surface area contributed by atoms with Crippen molar-refractivity contribution >= 4 is 16.5 Å². The van der Waals surface area contributed by atoms with Crippen LogP contribution in [0.15, 0.2) is 5.38 Å². The van der Waals surface area contributed by atoms with Gasteiger partial charge in [0.15, 0.2) is 5.13 Å². The number of thiazole rings is 1. The van der Waals surface area contributed by atoms with E-state index in [2.05, 4.69) is 43.3 Å². The number of methoxy groups -OCH3 is 1. The summed E-state index contributed by atoms with van der Waals surface area (Å²) in [4.78, 5) is 7.12. The zero-order chi connectivity index (χ0) is 14.8. The van der Waals surface area contributed by atoms with Gasteiger partial charge in [0.2, 0.25) is 0 Å². The minimum Gasteiger partial charge on any atom is -0.379 e. The second-order valence-electron chi connectivity index (χ2n) is 6.71. The first-order valence-corrected chi connectivity index (χ1v) is 8.24. The van der Waals surface area contributed by atoms with Gasteiger partial charge in [0.25, 0.3) is 0 Å². The van der Waals surface area contributed by atoms with E-state index in [1.54, 1.807) is 11.3 Å². The fourth-order valence-corrected chi connectivity index (χ4v) is 3.26. The summed E-state index contributed by atoms with van der Waals surface area (Å²) in [5, 5.41) is 6.77. The summed E-state index contributed by atoms with van der Waals surface area (Å²) in [6, 6.07) is 0.